The zero-order valence-corrected chi connectivity index (χ0v) is 12.6. The molecule has 0 aromatic carbocycles. The summed E-state index contributed by atoms with van der Waals surface area (Å²) in [7, 11) is 0. The number of aromatic nitrogens is 1. The van der Waals surface area contributed by atoms with E-state index in [4.69, 9.17) is 22.7 Å². The predicted octanol–water partition coefficient (Wildman–Crippen LogP) is 3.02. The Kier molecular flexibility index (Phi) is 4.75. The predicted molar refractivity (Wildman–Crippen MR) is 81.7 cm³/mol. The molecule has 2 rings (SSSR count). The zero-order chi connectivity index (χ0) is 13.8. The van der Waals surface area contributed by atoms with E-state index in [9.17, 15) is 0 Å². The second-order valence-corrected chi connectivity index (χ2v) is 5.99. The third kappa shape index (κ3) is 3.66. The quantitative estimate of drug-likeness (QED) is 0.642. The van der Waals surface area contributed by atoms with E-state index in [0.717, 1.165) is 43.4 Å². The van der Waals surface area contributed by atoms with Crippen LogP contribution in [-0.4, -0.2) is 16.6 Å². The molecule has 19 heavy (non-hydrogen) atoms. The van der Waals surface area contributed by atoms with Gasteiger partial charge < -0.3 is 10.5 Å². The topological polar surface area (TPSA) is 48.1 Å². The van der Waals surface area contributed by atoms with Gasteiger partial charge in [-0.3, -0.25) is 0 Å². The lowest BCUT2D eigenvalue weighted by atomic mass is 10.1. The summed E-state index contributed by atoms with van der Waals surface area (Å²) in [4.78, 5) is 4.98. The van der Waals surface area contributed by atoms with E-state index in [0.29, 0.717) is 23.4 Å². The molecular weight excluding hydrogens is 256 g/mol. The lowest BCUT2D eigenvalue weighted by Gasteiger charge is -2.12. The molecule has 1 aliphatic carbocycles. The first-order valence-electron chi connectivity index (χ1n) is 7.03. The van der Waals surface area contributed by atoms with Gasteiger partial charge in [0.25, 0.3) is 0 Å². The molecule has 0 fully saturated rings. The minimum Gasteiger partial charge on any atom is -0.477 e. The molecular formula is C15H22N2OS. The van der Waals surface area contributed by atoms with Crippen LogP contribution < -0.4 is 10.5 Å². The third-order valence-corrected chi connectivity index (χ3v) is 3.67. The molecule has 2 N–H and O–H groups in total. The lowest BCUT2D eigenvalue weighted by molar-refractivity contribution is 0.286. The molecule has 0 radical (unpaired) electrons. The Morgan fingerprint density at radius 1 is 1.47 bits per heavy atom. The van der Waals surface area contributed by atoms with Crippen LogP contribution in [0.2, 0.25) is 0 Å². The van der Waals surface area contributed by atoms with Crippen LogP contribution in [0.25, 0.3) is 0 Å². The molecule has 0 bridgehead atoms. The summed E-state index contributed by atoms with van der Waals surface area (Å²) < 4.78 is 5.80. The van der Waals surface area contributed by atoms with Crippen LogP contribution in [0.3, 0.4) is 0 Å². The maximum atomic E-state index is 5.80. The van der Waals surface area contributed by atoms with Gasteiger partial charge in [-0.1, -0.05) is 26.1 Å². The normalized spacial score (nSPS) is 13.6. The van der Waals surface area contributed by atoms with E-state index in [-0.39, 0.29) is 0 Å². The van der Waals surface area contributed by atoms with Crippen LogP contribution >= 0.6 is 12.2 Å². The van der Waals surface area contributed by atoms with Gasteiger partial charge in [0.15, 0.2) is 0 Å². The van der Waals surface area contributed by atoms with E-state index in [1.165, 1.54) is 5.56 Å². The molecule has 1 heterocycles. The number of ether oxygens (including phenoxy) is 1. The average molecular weight is 278 g/mol. The molecule has 0 amide bonds. The highest BCUT2D eigenvalue weighted by molar-refractivity contribution is 7.80. The number of nitrogens with zero attached hydrogens (tertiary/aromatic N) is 1. The van der Waals surface area contributed by atoms with Gasteiger partial charge in [0.1, 0.15) is 4.99 Å². The van der Waals surface area contributed by atoms with Crippen molar-refractivity contribution < 1.29 is 4.74 Å². The summed E-state index contributed by atoms with van der Waals surface area (Å²) in [5.41, 5.74) is 8.99. The van der Waals surface area contributed by atoms with Crippen LogP contribution in [0.15, 0.2) is 6.07 Å². The van der Waals surface area contributed by atoms with Gasteiger partial charge in [0, 0.05) is 5.69 Å². The number of nitrogens with two attached hydrogens (primary N) is 1. The van der Waals surface area contributed by atoms with Gasteiger partial charge in [0.05, 0.1) is 12.2 Å². The fourth-order valence-corrected chi connectivity index (χ4v) is 2.55. The van der Waals surface area contributed by atoms with Crippen LogP contribution in [0.1, 0.15) is 49.9 Å². The summed E-state index contributed by atoms with van der Waals surface area (Å²) in [6.07, 6.45) is 5.47. The Hall–Kier alpha value is -1.16. The molecule has 3 nitrogen and oxygen atoms in total. The van der Waals surface area contributed by atoms with Crippen LogP contribution in [0.4, 0.5) is 0 Å². The first-order chi connectivity index (χ1) is 9.08. The minimum atomic E-state index is 0.376. The summed E-state index contributed by atoms with van der Waals surface area (Å²) in [5.74, 6) is 1.32. The molecule has 0 aliphatic heterocycles. The van der Waals surface area contributed by atoms with Gasteiger partial charge in [-0.2, -0.15) is 0 Å². The fourth-order valence-electron chi connectivity index (χ4n) is 2.40. The number of fused-ring (bicyclic) bond motifs is 1. The number of aryl methyl sites for hydroxylation is 2. The number of rotatable bonds is 6. The molecule has 0 saturated heterocycles. The molecule has 0 atom stereocenters. The molecule has 104 valence electrons. The van der Waals surface area contributed by atoms with Gasteiger partial charge in [-0.05, 0) is 49.7 Å². The number of pyridine rings is 1. The van der Waals surface area contributed by atoms with Gasteiger partial charge in [-0.25, -0.2) is 4.98 Å². The van der Waals surface area contributed by atoms with E-state index < -0.39 is 0 Å². The highest BCUT2D eigenvalue weighted by Gasteiger charge is 2.18. The van der Waals surface area contributed by atoms with E-state index in [1.54, 1.807) is 0 Å². The van der Waals surface area contributed by atoms with Crippen molar-refractivity contribution in [2.45, 2.75) is 46.0 Å². The van der Waals surface area contributed by atoms with Crippen molar-refractivity contribution >= 4 is 17.2 Å². The second-order valence-electron chi connectivity index (χ2n) is 5.55. The van der Waals surface area contributed by atoms with Crippen LogP contribution in [0.5, 0.6) is 5.88 Å². The maximum Gasteiger partial charge on any atom is 0.224 e. The average Bonchev–Trinajstić information content (AvgIpc) is 2.80. The fraction of sp³-hybridized carbons (Fsp3) is 0.600. The van der Waals surface area contributed by atoms with Crippen molar-refractivity contribution in [3.05, 3.63) is 22.9 Å². The SMILES string of the molecule is CC(C)CCCOc1nc2c(cc1C(N)=S)CCC2. The zero-order valence-electron chi connectivity index (χ0n) is 11.7. The highest BCUT2D eigenvalue weighted by Crippen LogP contribution is 2.26. The first kappa shape index (κ1) is 14.3. The Bertz CT molecular complexity index is 471. The van der Waals surface area contributed by atoms with Crippen molar-refractivity contribution in [3.63, 3.8) is 0 Å². The van der Waals surface area contributed by atoms with Gasteiger partial charge in [0.2, 0.25) is 5.88 Å². The summed E-state index contributed by atoms with van der Waals surface area (Å²) in [5, 5.41) is 0. The standard InChI is InChI=1S/C15H22N2OS/c1-10(2)5-4-8-18-15-12(14(16)19)9-11-6-3-7-13(11)17-15/h9-10H,3-8H2,1-2H3,(H2,16,19). The van der Waals surface area contributed by atoms with Crippen molar-refractivity contribution in [2.24, 2.45) is 11.7 Å². The summed E-state index contributed by atoms with van der Waals surface area (Å²) in [6.45, 7) is 5.11. The van der Waals surface area contributed by atoms with E-state index >= 15 is 0 Å². The summed E-state index contributed by atoms with van der Waals surface area (Å²) >= 11 is 5.10. The van der Waals surface area contributed by atoms with Crippen LogP contribution in [-0.2, 0) is 12.8 Å². The molecule has 4 heteroatoms. The van der Waals surface area contributed by atoms with Crippen molar-refractivity contribution in [1.82, 2.24) is 4.98 Å². The maximum absolute atomic E-state index is 5.80. The molecule has 0 unspecified atom stereocenters. The molecule has 1 aromatic rings. The number of hydrogen-bond acceptors (Lipinski definition) is 3. The lowest BCUT2D eigenvalue weighted by Crippen LogP contribution is -2.14. The molecule has 0 saturated carbocycles. The number of thiocarbonyl (C=S) groups is 1. The van der Waals surface area contributed by atoms with Crippen LogP contribution in [0, 0.1) is 5.92 Å². The molecule has 0 spiro atoms. The molecule has 1 aromatic heterocycles. The molecule has 1 aliphatic rings. The largest absolute Gasteiger partial charge is 0.477 e. The Morgan fingerprint density at radius 3 is 2.95 bits per heavy atom. The van der Waals surface area contributed by atoms with Crippen molar-refractivity contribution in [3.8, 4) is 5.88 Å². The van der Waals surface area contributed by atoms with E-state index in [2.05, 4.69) is 24.9 Å². The Morgan fingerprint density at radius 2 is 2.26 bits per heavy atom. The van der Waals surface area contributed by atoms with Crippen molar-refractivity contribution in [1.29, 1.82) is 0 Å². The Labute approximate surface area is 120 Å². The smallest absolute Gasteiger partial charge is 0.224 e. The van der Waals surface area contributed by atoms with Gasteiger partial charge in [-0.15, -0.1) is 0 Å². The minimum absolute atomic E-state index is 0.376. The summed E-state index contributed by atoms with van der Waals surface area (Å²) in [6, 6.07) is 2.06. The van der Waals surface area contributed by atoms with Gasteiger partial charge >= 0.3 is 0 Å². The second kappa shape index (κ2) is 6.33. The monoisotopic (exact) mass is 278 g/mol. The van der Waals surface area contributed by atoms with Crippen molar-refractivity contribution in [2.75, 3.05) is 6.61 Å². The first-order valence-corrected chi connectivity index (χ1v) is 7.44. The highest BCUT2D eigenvalue weighted by atomic mass is 32.1. The third-order valence-electron chi connectivity index (χ3n) is 3.45. The van der Waals surface area contributed by atoms with E-state index in [1.807, 2.05) is 0 Å². The number of hydrogen-bond donors (Lipinski definition) is 1. The Balaban J connectivity index is 2.08.